The fourth-order valence-electron chi connectivity index (χ4n) is 1.57. The highest BCUT2D eigenvalue weighted by molar-refractivity contribution is 4.92. The predicted octanol–water partition coefficient (Wildman–Crippen LogP) is -0.486. The third-order valence-electron chi connectivity index (χ3n) is 2.35. The zero-order valence-electron chi connectivity index (χ0n) is 8.27. The van der Waals surface area contributed by atoms with Gasteiger partial charge in [-0.25, -0.2) is 0 Å². The van der Waals surface area contributed by atoms with E-state index in [1.165, 1.54) is 0 Å². The van der Waals surface area contributed by atoms with Gasteiger partial charge < -0.3 is 20.1 Å². The van der Waals surface area contributed by atoms with Gasteiger partial charge in [0.15, 0.2) is 0 Å². The molecule has 78 valence electrons. The molecule has 0 aromatic heterocycles. The van der Waals surface area contributed by atoms with E-state index in [1.54, 1.807) is 0 Å². The third-order valence-corrected chi connectivity index (χ3v) is 2.35. The lowest BCUT2D eigenvalue weighted by Crippen LogP contribution is -2.56. The van der Waals surface area contributed by atoms with Crippen molar-refractivity contribution in [1.29, 1.82) is 0 Å². The van der Waals surface area contributed by atoms with Crippen molar-refractivity contribution in [3.8, 4) is 0 Å². The average molecular weight is 190 g/mol. The Labute approximate surface area is 78.1 Å². The van der Waals surface area contributed by atoms with Crippen LogP contribution in [0.15, 0.2) is 0 Å². The van der Waals surface area contributed by atoms with Gasteiger partial charge in [0.05, 0.1) is 12.7 Å². The number of aliphatic hydroxyl groups excluding tert-OH is 3. The molecule has 1 heterocycles. The van der Waals surface area contributed by atoms with Gasteiger partial charge in [-0.3, -0.25) is 0 Å². The monoisotopic (exact) mass is 190 g/mol. The first kappa shape index (κ1) is 10.9. The van der Waals surface area contributed by atoms with E-state index in [2.05, 4.69) is 0 Å². The Morgan fingerprint density at radius 2 is 1.62 bits per heavy atom. The fraction of sp³-hybridized carbons (Fsp3) is 1.00. The molecule has 4 atom stereocenters. The molecule has 1 aliphatic heterocycles. The van der Waals surface area contributed by atoms with Crippen LogP contribution in [0.4, 0.5) is 0 Å². The molecule has 0 spiro atoms. The summed E-state index contributed by atoms with van der Waals surface area (Å²) in [7, 11) is 0. The van der Waals surface area contributed by atoms with Crippen LogP contribution in [0.3, 0.4) is 0 Å². The molecular weight excluding hydrogens is 172 g/mol. The van der Waals surface area contributed by atoms with Crippen LogP contribution in [0.1, 0.15) is 20.8 Å². The van der Waals surface area contributed by atoms with Crippen molar-refractivity contribution in [3.05, 3.63) is 0 Å². The molecule has 1 fully saturated rings. The van der Waals surface area contributed by atoms with E-state index >= 15 is 0 Å². The van der Waals surface area contributed by atoms with Crippen LogP contribution in [0.25, 0.3) is 0 Å². The minimum Gasteiger partial charge on any atom is -0.388 e. The van der Waals surface area contributed by atoms with E-state index in [1.807, 2.05) is 20.8 Å². The van der Waals surface area contributed by atoms with E-state index in [9.17, 15) is 15.3 Å². The van der Waals surface area contributed by atoms with Crippen molar-refractivity contribution in [2.75, 3.05) is 6.61 Å². The molecule has 0 amide bonds. The van der Waals surface area contributed by atoms with Crippen LogP contribution in [0.2, 0.25) is 0 Å². The molecule has 0 aromatic carbocycles. The lowest BCUT2D eigenvalue weighted by atomic mass is 9.81. The van der Waals surface area contributed by atoms with Gasteiger partial charge in [0.1, 0.15) is 18.3 Å². The molecule has 1 aliphatic rings. The Morgan fingerprint density at radius 1 is 1.08 bits per heavy atom. The minimum absolute atomic E-state index is 0.0835. The smallest absolute Gasteiger partial charge is 0.111 e. The Kier molecular flexibility index (Phi) is 2.97. The molecule has 4 heteroatoms. The first-order chi connectivity index (χ1) is 5.84. The maximum Gasteiger partial charge on any atom is 0.111 e. The zero-order valence-corrected chi connectivity index (χ0v) is 8.27. The topological polar surface area (TPSA) is 69.9 Å². The molecule has 0 bridgehead atoms. The second-order valence-electron chi connectivity index (χ2n) is 4.67. The summed E-state index contributed by atoms with van der Waals surface area (Å²) in [6, 6.07) is 0. The van der Waals surface area contributed by atoms with Crippen molar-refractivity contribution in [3.63, 3.8) is 0 Å². The van der Waals surface area contributed by atoms with Crippen molar-refractivity contribution in [1.82, 2.24) is 0 Å². The molecular formula is C9H18O4. The van der Waals surface area contributed by atoms with Crippen molar-refractivity contribution in [2.24, 2.45) is 5.41 Å². The Balaban J connectivity index is 2.70. The number of ether oxygens (including phenoxy) is 1. The minimum atomic E-state index is -1.10. The summed E-state index contributed by atoms with van der Waals surface area (Å²) in [5.74, 6) is 0. The number of rotatable bonds is 0. The van der Waals surface area contributed by atoms with Gasteiger partial charge in [-0.15, -0.1) is 0 Å². The summed E-state index contributed by atoms with van der Waals surface area (Å²) in [6.45, 7) is 5.85. The standard InChI is InChI=1S/C9H18O4/c1-9(2,3)8-7(12)6(11)5(10)4-13-8/h5-8,10-12H,4H2,1-3H3/t5-,6-,7?,8+/m0/s1. The predicted molar refractivity (Wildman–Crippen MR) is 47.2 cm³/mol. The molecule has 4 nitrogen and oxygen atoms in total. The van der Waals surface area contributed by atoms with Crippen molar-refractivity contribution < 1.29 is 20.1 Å². The summed E-state index contributed by atoms with van der Waals surface area (Å²) in [6.07, 6.45) is -3.51. The molecule has 0 saturated carbocycles. The first-order valence-electron chi connectivity index (χ1n) is 4.50. The van der Waals surface area contributed by atoms with Crippen LogP contribution >= 0.6 is 0 Å². The van der Waals surface area contributed by atoms with Gasteiger partial charge in [0, 0.05) is 0 Å². The largest absolute Gasteiger partial charge is 0.388 e. The quantitative estimate of drug-likeness (QED) is 0.482. The van der Waals surface area contributed by atoms with E-state index in [0.717, 1.165) is 0 Å². The van der Waals surface area contributed by atoms with Crippen LogP contribution < -0.4 is 0 Å². The SMILES string of the molecule is CC(C)(C)[C@@H]1OC[C@H](O)[C@H](O)C1O. The molecule has 1 rings (SSSR count). The highest BCUT2D eigenvalue weighted by Crippen LogP contribution is 2.30. The van der Waals surface area contributed by atoms with Crippen LogP contribution in [-0.2, 0) is 4.74 Å². The highest BCUT2D eigenvalue weighted by Gasteiger charge is 2.42. The number of aliphatic hydroxyl groups is 3. The van der Waals surface area contributed by atoms with Gasteiger partial charge >= 0.3 is 0 Å². The van der Waals surface area contributed by atoms with Crippen LogP contribution in [0.5, 0.6) is 0 Å². The maximum atomic E-state index is 9.61. The summed E-state index contributed by atoms with van der Waals surface area (Å²) < 4.78 is 5.28. The normalized spacial score (nSPS) is 42.0. The molecule has 0 aromatic rings. The van der Waals surface area contributed by atoms with E-state index in [0.29, 0.717) is 0 Å². The molecule has 3 N–H and O–H groups in total. The zero-order chi connectivity index (χ0) is 10.2. The lowest BCUT2D eigenvalue weighted by molar-refractivity contribution is -0.211. The molecule has 13 heavy (non-hydrogen) atoms. The Bertz CT molecular complexity index is 175. The van der Waals surface area contributed by atoms with Crippen molar-refractivity contribution >= 4 is 0 Å². The summed E-state index contributed by atoms with van der Waals surface area (Å²) in [5, 5.41) is 28.2. The van der Waals surface area contributed by atoms with Crippen LogP contribution in [-0.4, -0.2) is 46.3 Å². The Morgan fingerprint density at radius 3 is 2.08 bits per heavy atom. The van der Waals surface area contributed by atoms with Gasteiger partial charge in [-0.2, -0.15) is 0 Å². The van der Waals surface area contributed by atoms with Crippen LogP contribution in [0, 0.1) is 5.41 Å². The van der Waals surface area contributed by atoms with E-state index < -0.39 is 24.4 Å². The molecule has 0 aliphatic carbocycles. The van der Waals surface area contributed by atoms with Gasteiger partial charge in [0.2, 0.25) is 0 Å². The summed E-state index contributed by atoms with van der Waals surface area (Å²) in [5.41, 5.74) is -0.236. The molecule has 0 radical (unpaired) electrons. The lowest BCUT2D eigenvalue weighted by Gasteiger charge is -2.41. The van der Waals surface area contributed by atoms with E-state index in [-0.39, 0.29) is 12.0 Å². The molecule has 1 unspecified atom stereocenters. The average Bonchev–Trinajstić information content (AvgIpc) is 1.98. The third kappa shape index (κ3) is 2.20. The highest BCUT2D eigenvalue weighted by atomic mass is 16.5. The first-order valence-corrected chi connectivity index (χ1v) is 4.50. The summed E-state index contributed by atoms with van der Waals surface area (Å²) >= 11 is 0. The van der Waals surface area contributed by atoms with Crippen molar-refractivity contribution in [2.45, 2.75) is 45.2 Å². The van der Waals surface area contributed by atoms with Gasteiger partial charge in [-0.1, -0.05) is 20.8 Å². The maximum absolute atomic E-state index is 9.61. The van der Waals surface area contributed by atoms with Gasteiger partial charge in [0.25, 0.3) is 0 Å². The fourth-order valence-corrected chi connectivity index (χ4v) is 1.57. The summed E-state index contributed by atoms with van der Waals surface area (Å²) in [4.78, 5) is 0. The van der Waals surface area contributed by atoms with E-state index in [4.69, 9.17) is 4.74 Å². The second-order valence-corrected chi connectivity index (χ2v) is 4.67. The molecule has 1 saturated heterocycles. The number of hydrogen-bond acceptors (Lipinski definition) is 4. The second kappa shape index (κ2) is 3.53. The Hall–Kier alpha value is -0.160. The number of hydrogen-bond donors (Lipinski definition) is 3. The van der Waals surface area contributed by atoms with Gasteiger partial charge in [-0.05, 0) is 5.41 Å².